The van der Waals surface area contributed by atoms with Crippen molar-refractivity contribution in [2.45, 2.75) is 26.7 Å². The monoisotopic (exact) mass is 373 g/mol. The van der Waals surface area contributed by atoms with E-state index < -0.39 is 28.3 Å². The minimum absolute atomic E-state index is 0.00641. The molecule has 1 N–H and O–H groups in total. The second-order valence-electron chi connectivity index (χ2n) is 6.12. The molecule has 24 heavy (non-hydrogen) atoms. The van der Waals surface area contributed by atoms with Crippen LogP contribution in [0.2, 0.25) is 5.02 Å². The Morgan fingerprint density at radius 3 is 2.62 bits per heavy atom. The first-order chi connectivity index (χ1) is 11.2. The Morgan fingerprint density at radius 2 is 2.04 bits per heavy atom. The second kappa shape index (κ2) is 7.53. The Bertz CT molecular complexity index is 737. The lowest BCUT2D eigenvalue weighted by molar-refractivity contribution is -0.148. The molecule has 1 aromatic carbocycles. The van der Waals surface area contributed by atoms with Gasteiger partial charge in [-0.1, -0.05) is 17.7 Å². The average Bonchev–Trinajstić information content (AvgIpc) is 2.79. The number of rotatable bonds is 5. The average molecular weight is 374 g/mol. The smallest absolute Gasteiger partial charge is 0.306 e. The number of carbonyl (C=O) groups is 2. The summed E-state index contributed by atoms with van der Waals surface area (Å²) in [5.74, 6) is -1.17. The third-order valence-electron chi connectivity index (χ3n) is 3.84. The number of hydrogen-bond donors (Lipinski definition) is 1. The maximum Gasteiger partial charge on any atom is 0.306 e. The molecule has 1 aliphatic heterocycles. The van der Waals surface area contributed by atoms with Crippen molar-refractivity contribution >= 4 is 39.0 Å². The van der Waals surface area contributed by atoms with Crippen molar-refractivity contribution in [2.75, 3.05) is 23.4 Å². The van der Waals surface area contributed by atoms with E-state index in [0.29, 0.717) is 17.1 Å². The SMILES string of the molecule is Cc1cc(C)c(NC(=O)COC(=O)C[C@H]2CCS(=O)(=O)C2)c(Cl)c1. The summed E-state index contributed by atoms with van der Waals surface area (Å²) < 4.78 is 27.6. The molecule has 1 aromatic rings. The van der Waals surface area contributed by atoms with Gasteiger partial charge in [0, 0.05) is 6.42 Å². The Hall–Kier alpha value is -1.60. The fourth-order valence-electron chi connectivity index (χ4n) is 2.72. The van der Waals surface area contributed by atoms with Gasteiger partial charge in [0.05, 0.1) is 22.2 Å². The van der Waals surface area contributed by atoms with E-state index in [1.807, 2.05) is 19.9 Å². The number of aryl methyl sites for hydroxylation is 2. The molecule has 1 fully saturated rings. The van der Waals surface area contributed by atoms with Crippen LogP contribution in [0.4, 0.5) is 5.69 Å². The number of nitrogens with one attached hydrogen (secondary N) is 1. The van der Waals surface area contributed by atoms with E-state index in [9.17, 15) is 18.0 Å². The van der Waals surface area contributed by atoms with Gasteiger partial charge in [0.25, 0.3) is 5.91 Å². The molecule has 1 atom stereocenters. The zero-order valence-corrected chi connectivity index (χ0v) is 15.2. The molecule has 0 radical (unpaired) electrons. The number of hydrogen-bond acceptors (Lipinski definition) is 5. The number of amides is 1. The predicted molar refractivity (Wildman–Crippen MR) is 91.9 cm³/mol. The predicted octanol–water partition coefficient (Wildman–Crippen LogP) is 2.26. The Balaban J connectivity index is 1.82. The van der Waals surface area contributed by atoms with E-state index >= 15 is 0 Å². The van der Waals surface area contributed by atoms with Crippen molar-refractivity contribution in [2.24, 2.45) is 5.92 Å². The Labute approximate surface area is 146 Å². The van der Waals surface area contributed by atoms with E-state index in [0.717, 1.165) is 11.1 Å². The van der Waals surface area contributed by atoms with E-state index in [1.165, 1.54) is 0 Å². The summed E-state index contributed by atoms with van der Waals surface area (Å²) in [6, 6.07) is 3.62. The lowest BCUT2D eigenvalue weighted by atomic mass is 10.1. The highest BCUT2D eigenvalue weighted by Crippen LogP contribution is 2.27. The van der Waals surface area contributed by atoms with E-state index in [4.69, 9.17) is 16.3 Å². The van der Waals surface area contributed by atoms with Crippen molar-refractivity contribution in [3.8, 4) is 0 Å². The van der Waals surface area contributed by atoms with Crippen LogP contribution in [-0.2, 0) is 24.2 Å². The summed E-state index contributed by atoms with van der Waals surface area (Å²) in [6.07, 6.45) is 0.471. The van der Waals surface area contributed by atoms with Crippen molar-refractivity contribution in [3.05, 3.63) is 28.3 Å². The van der Waals surface area contributed by atoms with Crippen LogP contribution in [0, 0.1) is 19.8 Å². The summed E-state index contributed by atoms with van der Waals surface area (Å²) in [4.78, 5) is 23.6. The standard InChI is InChI=1S/C16H20ClNO5S/c1-10-5-11(2)16(13(17)6-10)18-14(19)8-23-15(20)7-12-3-4-24(21,22)9-12/h5-6,12H,3-4,7-9H2,1-2H3,(H,18,19)/t12-/m1/s1. The number of carbonyl (C=O) groups excluding carboxylic acids is 2. The van der Waals surface area contributed by atoms with Gasteiger partial charge in [0.15, 0.2) is 16.4 Å². The van der Waals surface area contributed by atoms with Crippen molar-refractivity contribution in [1.82, 2.24) is 0 Å². The minimum atomic E-state index is -3.03. The van der Waals surface area contributed by atoms with Gasteiger partial charge in [-0.05, 0) is 43.4 Å². The number of benzene rings is 1. The number of esters is 1. The first-order valence-electron chi connectivity index (χ1n) is 7.59. The van der Waals surface area contributed by atoms with Crippen LogP contribution >= 0.6 is 11.6 Å². The largest absolute Gasteiger partial charge is 0.456 e. The van der Waals surface area contributed by atoms with Gasteiger partial charge in [-0.15, -0.1) is 0 Å². The van der Waals surface area contributed by atoms with Crippen LogP contribution in [0.5, 0.6) is 0 Å². The molecule has 132 valence electrons. The molecular formula is C16H20ClNO5S. The van der Waals surface area contributed by atoms with E-state index in [2.05, 4.69) is 5.32 Å². The molecule has 2 rings (SSSR count). The van der Waals surface area contributed by atoms with Gasteiger partial charge < -0.3 is 10.1 Å². The molecule has 6 nitrogen and oxygen atoms in total. The van der Waals surface area contributed by atoms with Crippen LogP contribution in [0.1, 0.15) is 24.0 Å². The molecule has 1 amide bonds. The molecule has 0 bridgehead atoms. The first kappa shape index (κ1) is 18.7. The van der Waals surface area contributed by atoms with Gasteiger partial charge in [-0.2, -0.15) is 0 Å². The zero-order valence-electron chi connectivity index (χ0n) is 13.6. The zero-order chi connectivity index (χ0) is 17.9. The minimum Gasteiger partial charge on any atom is -0.456 e. The summed E-state index contributed by atoms with van der Waals surface area (Å²) >= 11 is 6.10. The summed E-state index contributed by atoms with van der Waals surface area (Å²) in [5.41, 5.74) is 2.29. The van der Waals surface area contributed by atoms with E-state index in [-0.39, 0.29) is 23.8 Å². The van der Waals surface area contributed by atoms with Gasteiger partial charge >= 0.3 is 5.97 Å². The molecule has 0 spiro atoms. The summed E-state index contributed by atoms with van der Waals surface area (Å²) in [6.45, 7) is 3.29. The second-order valence-corrected chi connectivity index (χ2v) is 8.76. The van der Waals surface area contributed by atoms with Gasteiger partial charge in [0.2, 0.25) is 0 Å². The van der Waals surface area contributed by atoms with Crippen LogP contribution in [0.3, 0.4) is 0 Å². The number of halogens is 1. The highest BCUT2D eigenvalue weighted by Gasteiger charge is 2.30. The Morgan fingerprint density at radius 1 is 1.33 bits per heavy atom. The number of sulfone groups is 1. The van der Waals surface area contributed by atoms with E-state index in [1.54, 1.807) is 6.07 Å². The highest BCUT2D eigenvalue weighted by molar-refractivity contribution is 7.91. The summed E-state index contributed by atoms with van der Waals surface area (Å²) in [7, 11) is -3.03. The van der Waals surface area contributed by atoms with Crippen LogP contribution in [-0.4, -0.2) is 38.4 Å². The van der Waals surface area contributed by atoms with Gasteiger partial charge in [-0.3, -0.25) is 9.59 Å². The van der Waals surface area contributed by atoms with Crippen molar-refractivity contribution in [1.29, 1.82) is 0 Å². The summed E-state index contributed by atoms with van der Waals surface area (Å²) in [5, 5.41) is 3.04. The molecule has 8 heteroatoms. The molecule has 0 unspecified atom stereocenters. The topological polar surface area (TPSA) is 89.5 Å². The van der Waals surface area contributed by atoms with Crippen LogP contribution < -0.4 is 5.32 Å². The number of anilines is 1. The van der Waals surface area contributed by atoms with Crippen molar-refractivity contribution in [3.63, 3.8) is 0 Å². The molecule has 0 aliphatic carbocycles. The number of ether oxygens (including phenoxy) is 1. The molecule has 1 saturated heterocycles. The van der Waals surface area contributed by atoms with Crippen LogP contribution in [0.25, 0.3) is 0 Å². The fraction of sp³-hybridized carbons (Fsp3) is 0.500. The third kappa shape index (κ3) is 5.21. The first-order valence-corrected chi connectivity index (χ1v) is 9.79. The van der Waals surface area contributed by atoms with Gasteiger partial charge in [0.1, 0.15) is 0 Å². The molecule has 1 heterocycles. The quantitative estimate of drug-likeness (QED) is 0.799. The lowest BCUT2D eigenvalue weighted by Gasteiger charge is -2.12. The molecule has 1 aliphatic rings. The van der Waals surface area contributed by atoms with Crippen molar-refractivity contribution < 1.29 is 22.7 Å². The maximum absolute atomic E-state index is 11.9. The van der Waals surface area contributed by atoms with Gasteiger partial charge in [-0.25, -0.2) is 8.42 Å². The molecule has 0 aromatic heterocycles. The highest BCUT2D eigenvalue weighted by atomic mass is 35.5. The Kier molecular flexibility index (Phi) is 5.87. The normalized spacial score (nSPS) is 19.0. The van der Waals surface area contributed by atoms with Crippen LogP contribution in [0.15, 0.2) is 12.1 Å². The fourth-order valence-corrected chi connectivity index (χ4v) is 4.95. The lowest BCUT2D eigenvalue weighted by Crippen LogP contribution is -2.22. The third-order valence-corrected chi connectivity index (χ3v) is 5.98. The molecular weight excluding hydrogens is 354 g/mol. The molecule has 0 saturated carbocycles. The maximum atomic E-state index is 11.9.